The predicted octanol–water partition coefficient (Wildman–Crippen LogP) is 5.62. The van der Waals surface area contributed by atoms with E-state index in [4.69, 9.17) is 4.74 Å². The number of amides is 1. The van der Waals surface area contributed by atoms with Crippen molar-refractivity contribution in [2.75, 3.05) is 32.1 Å². The van der Waals surface area contributed by atoms with E-state index in [0.29, 0.717) is 19.1 Å². The molecule has 1 atom stereocenters. The number of ether oxygens (including phenoxy) is 1. The summed E-state index contributed by atoms with van der Waals surface area (Å²) in [5.41, 5.74) is 5.61. The third kappa shape index (κ3) is 6.16. The minimum Gasteiger partial charge on any atom is -0.492 e. The summed E-state index contributed by atoms with van der Waals surface area (Å²) in [6.07, 6.45) is 6.77. The average molecular weight is 489 g/mol. The monoisotopic (exact) mass is 488 g/mol. The van der Waals surface area contributed by atoms with Crippen molar-refractivity contribution in [2.45, 2.75) is 65.0 Å². The van der Waals surface area contributed by atoms with Crippen LogP contribution in [0.2, 0.25) is 0 Å². The lowest BCUT2D eigenvalue weighted by molar-refractivity contribution is -0.120. The number of likely N-dealkylation sites (N-methyl/N-ethyl adjacent to an activating group) is 1. The number of rotatable bonds is 10. The van der Waals surface area contributed by atoms with Crippen LogP contribution in [0.4, 0.5) is 5.69 Å². The molecular weight excluding hydrogens is 448 g/mol. The summed E-state index contributed by atoms with van der Waals surface area (Å²) in [6.45, 7) is 9.24. The highest BCUT2D eigenvalue weighted by molar-refractivity contribution is 5.98. The Morgan fingerprint density at radius 3 is 2.61 bits per heavy atom. The molecule has 6 nitrogen and oxygen atoms in total. The Kier molecular flexibility index (Phi) is 8.47. The minimum absolute atomic E-state index is 0.142. The summed E-state index contributed by atoms with van der Waals surface area (Å²) in [4.78, 5) is 18.3. The third-order valence-corrected chi connectivity index (χ3v) is 7.03. The first-order valence-electron chi connectivity index (χ1n) is 13.2. The van der Waals surface area contributed by atoms with Crippen molar-refractivity contribution in [3.63, 3.8) is 0 Å². The molecule has 1 amide bonds. The molecule has 0 radical (unpaired) electrons. The van der Waals surface area contributed by atoms with Crippen LogP contribution >= 0.6 is 0 Å². The number of hydrogen-bond donors (Lipinski definition) is 0. The number of hydrogen-bond acceptors (Lipinski definition) is 4. The van der Waals surface area contributed by atoms with Crippen molar-refractivity contribution in [3.8, 4) is 5.75 Å². The second-order valence-electron chi connectivity index (χ2n) is 10.3. The maximum absolute atomic E-state index is 14.2. The molecule has 36 heavy (non-hydrogen) atoms. The fourth-order valence-corrected chi connectivity index (χ4v) is 4.84. The summed E-state index contributed by atoms with van der Waals surface area (Å²) >= 11 is 0. The van der Waals surface area contributed by atoms with Gasteiger partial charge in [0.05, 0.1) is 18.7 Å². The molecule has 1 aliphatic carbocycles. The van der Waals surface area contributed by atoms with Crippen molar-refractivity contribution in [2.24, 2.45) is 0 Å². The van der Waals surface area contributed by atoms with Gasteiger partial charge < -0.3 is 14.5 Å². The van der Waals surface area contributed by atoms with E-state index in [2.05, 4.69) is 67.2 Å². The number of carbonyl (C=O) groups is 1. The molecule has 1 unspecified atom stereocenters. The van der Waals surface area contributed by atoms with Gasteiger partial charge in [0, 0.05) is 30.5 Å². The molecule has 0 N–H and O–H groups in total. The van der Waals surface area contributed by atoms with E-state index in [9.17, 15) is 4.79 Å². The smallest absolute Gasteiger partial charge is 0.234 e. The van der Waals surface area contributed by atoms with Gasteiger partial charge in [-0.25, -0.2) is 0 Å². The molecule has 0 fully saturated rings. The second kappa shape index (κ2) is 11.7. The zero-order chi connectivity index (χ0) is 25.7. The quantitative estimate of drug-likeness (QED) is 0.372. The number of carbonyl (C=O) groups excluding carboxylic acids is 1. The molecule has 0 aliphatic heterocycles. The van der Waals surface area contributed by atoms with Crippen LogP contribution in [-0.4, -0.2) is 47.8 Å². The highest BCUT2D eigenvalue weighted by atomic mass is 16.5. The lowest BCUT2D eigenvalue weighted by atomic mass is 9.81. The SMILES string of the molecule is CCn1cc(CN(C(=O)C2CCCc3ccc(OCCN(C)C)cc32)c2ccc(C(C)C)cc2)cn1. The molecule has 0 spiro atoms. The van der Waals surface area contributed by atoms with E-state index in [0.717, 1.165) is 54.9 Å². The number of aromatic nitrogens is 2. The lowest BCUT2D eigenvalue weighted by Gasteiger charge is -2.31. The molecular formula is C30H40N4O2. The van der Waals surface area contributed by atoms with Crippen molar-refractivity contribution < 1.29 is 9.53 Å². The highest BCUT2D eigenvalue weighted by Gasteiger charge is 2.31. The Labute approximate surface area is 215 Å². The van der Waals surface area contributed by atoms with Crippen molar-refractivity contribution in [1.29, 1.82) is 0 Å². The molecule has 1 aliphatic rings. The minimum atomic E-state index is -0.183. The van der Waals surface area contributed by atoms with E-state index >= 15 is 0 Å². The van der Waals surface area contributed by atoms with Crippen LogP contribution in [-0.2, 0) is 24.3 Å². The van der Waals surface area contributed by atoms with Gasteiger partial charge in [0.15, 0.2) is 0 Å². The Morgan fingerprint density at radius 2 is 1.94 bits per heavy atom. The zero-order valence-corrected chi connectivity index (χ0v) is 22.4. The van der Waals surface area contributed by atoms with Gasteiger partial charge in [-0.2, -0.15) is 5.10 Å². The average Bonchev–Trinajstić information content (AvgIpc) is 3.34. The highest BCUT2D eigenvalue weighted by Crippen LogP contribution is 2.37. The predicted molar refractivity (Wildman–Crippen MR) is 146 cm³/mol. The Balaban J connectivity index is 1.64. The molecule has 2 aromatic carbocycles. The second-order valence-corrected chi connectivity index (χ2v) is 10.3. The zero-order valence-electron chi connectivity index (χ0n) is 22.4. The maximum Gasteiger partial charge on any atom is 0.234 e. The van der Waals surface area contributed by atoms with Crippen LogP contribution in [0.5, 0.6) is 5.75 Å². The summed E-state index contributed by atoms with van der Waals surface area (Å²) in [6, 6.07) is 14.7. The number of aryl methyl sites for hydroxylation is 2. The molecule has 1 aromatic heterocycles. The van der Waals surface area contributed by atoms with E-state index in [-0.39, 0.29) is 11.8 Å². The van der Waals surface area contributed by atoms with Gasteiger partial charge in [0.25, 0.3) is 0 Å². The summed E-state index contributed by atoms with van der Waals surface area (Å²) in [5.74, 6) is 1.24. The third-order valence-electron chi connectivity index (χ3n) is 7.03. The van der Waals surface area contributed by atoms with Gasteiger partial charge in [0.2, 0.25) is 5.91 Å². The van der Waals surface area contributed by atoms with Crippen LogP contribution < -0.4 is 9.64 Å². The molecule has 0 saturated heterocycles. The Bertz CT molecular complexity index is 1150. The first kappa shape index (κ1) is 26.0. The van der Waals surface area contributed by atoms with E-state index in [1.54, 1.807) is 0 Å². The van der Waals surface area contributed by atoms with Gasteiger partial charge in [-0.15, -0.1) is 0 Å². The lowest BCUT2D eigenvalue weighted by Crippen LogP contribution is -2.36. The number of anilines is 1. The van der Waals surface area contributed by atoms with Gasteiger partial charge in [-0.05, 0) is 87.2 Å². The summed E-state index contributed by atoms with van der Waals surface area (Å²) in [5, 5.41) is 4.44. The summed E-state index contributed by atoms with van der Waals surface area (Å²) < 4.78 is 7.93. The van der Waals surface area contributed by atoms with Crippen molar-refractivity contribution >= 4 is 11.6 Å². The first-order valence-corrected chi connectivity index (χ1v) is 13.2. The van der Waals surface area contributed by atoms with Crippen LogP contribution in [0.1, 0.15) is 67.7 Å². The van der Waals surface area contributed by atoms with Gasteiger partial charge >= 0.3 is 0 Å². The van der Waals surface area contributed by atoms with Gasteiger partial charge in [-0.1, -0.05) is 32.0 Å². The molecule has 4 rings (SSSR count). The maximum atomic E-state index is 14.2. The van der Waals surface area contributed by atoms with Crippen molar-refractivity contribution in [1.82, 2.24) is 14.7 Å². The standard InChI is InChI=1S/C30H40N4O2/c1-6-33-20-23(19-31-33)21-34(26-13-10-24(11-14-26)22(2)3)30(35)28-9-7-8-25-12-15-27(18-29(25)28)36-17-16-32(4)5/h10-15,18-20,22,28H,6-9,16-17,21H2,1-5H3. The van der Waals surface area contributed by atoms with E-state index in [1.807, 2.05) is 42.1 Å². The van der Waals surface area contributed by atoms with Crippen LogP contribution in [0, 0.1) is 0 Å². The van der Waals surface area contributed by atoms with Crippen LogP contribution in [0.25, 0.3) is 0 Å². The number of nitrogens with zero attached hydrogens (tertiary/aromatic N) is 4. The number of fused-ring (bicyclic) bond motifs is 1. The van der Waals surface area contributed by atoms with Crippen LogP contribution in [0.15, 0.2) is 54.9 Å². The molecule has 3 aromatic rings. The van der Waals surface area contributed by atoms with Gasteiger partial charge in [0.1, 0.15) is 12.4 Å². The summed E-state index contributed by atoms with van der Waals surface area (Å²) in [7, 11) is 4.08. The Hall–Kier alpha value is -3.12. The largest absolute Gasteiger partial charge is 0.492 e. The fourth-order valence-electron chi connectivity index (χ4n) is 4.84. The normalized spacial score (nSPS) is 15.2. The van der Waals surface area contributed by atoms with Gasteiger partial charge in [-0.3, -0.25) is 9.48 Å². The number of benzene rings is 2. The molecule has 0 saturated carbocycles. The molecule has 6 heteroatoms. The first-order chi connectivity index (χ1) is 17.4. The Morgan fingerprint density at radius 1 is 1.17 bits per heavy atom. The topological polar surface area (TPSA) is 50.6 Å². The molecule has 192 valence electrons. The van der Waals surface area contributed by atoms with E-state index < -0.39 is 0 Å². The van der Waals surface area contributed by atoms with E-state index in [1.165, 1.54) is 11.1 Å². The molecule has 0 bridgehead atoms. The fraction of sp³-hybridized carbons (Fsp3) is 0.467. The van der Waals surface area contributed by atoms with Crippen molar-refractivity contribution in [3.05, 3.63) is 77.1 Å². The van der Waals surface area contributed by atoms with Crippen LogP contribution in [0.3, 0.4) is 0 Å². The molecule has 1 heterocycles.